The summed E-state index contributed by atoms with van der Waals surface area (Å²) < 4.78 is 0. The van der Waals surface area contributed by atoms with Crippen LogP contribution in [-0.2, 0) is 0 Å². The molecule has 0 heterocycles. The number of hydrogen-bond donors (Lipinski definition) is 2. The van der Waals surface area contributed by atoms with E-state index in [2.05, 4.69) is 5.09 Å². The molecule has 2 nitrogen and oxygen atoms in total. The van der Waals surface area contributed by atoms with Crippen molar-refractivity contribution in [3.8, 4) is 0 Å². The van der Waals surface area contributed by atoms with Gasteiger partial charge in [0, 0.05) is 0 Å². The zero-order valence-electron chi connectivity index (χ0n) is 4.45. The van der Waals surface area contributed by atoms with Crippen LogP contribution in [-0.4, -0.2) is 25.3 Å². The minimum absolute atomic E-state index is 1.77. The molecule has 3 heteroatoms. The molecule has 0 aliphatic heterocycles. The first-order valence-electron chi connectivity index (χ1n) is 1.97. The van der Waals surface area contributed by atoms with Crippen LogP contribution in [0.5, 0.6) is 0 Å². The van der Waals surface area contributed by atoms with Gasteiger partial charge in [0.2, 0.25) is 0 Å². The summed E-state index contributed by atoms with van der Waals surface area (Å²) in [5.74, 6) is 0. The maximum absolute atomic E-state index is 8.85. The molecule has 0 aromatic heterocycles. The summed E-state index contributed by atoms with van der Waals surface area (Å²) in [6.45, 7) is 3.65. The fraction of sp³-hybridized carbons (Fsp3) is 1.00. The molecule has 0 aromatic rings. The summed E-state index contributed by atoms with van der Waals surface area (Å²) >= 11 is 0. The van der Waals surface area contributed by atoms with Gasteiger partial charge in [-0.3, -0.25) is 0 Å². The Morgan fingerprint density at radius 1 is 1.50 bits per heavy atom. The van der Waals surface area contributed by atoms with Crippen LogP contribution in [0.25, 0.3) is 0 Å². The van der Waals surface area contributed by atoms with Crippen molar-refractivity contribution in [3.05, 3.63) is 0 Å². The molecule has 0 radical (unpaired) electrons. The first kappa shape index (κ1) is 6.35. The normalized spacial score (nSPS) is 14.7. The number of nitrogens with one attached hydrogen (secondary N) is 1. The predicted molar refractivity (Wildman–Crippen MR) is 31.4 cm³/mol. The molecule has 0 fully saturated rings. The topological polar surface area (TPSA) is 32.3 Å². The van der Waals surface area contributed by atoms with E-state index < -0.39 is 7.64 Å². The van der Waals surface area contributed by atoms with Gasteiger partial charge < -0.3 is 0 Å². The van der Waals surface area contributed by atoms with Gasteiger partial charge in [0.05, 0.1) is 0 Å². The average Bonchev–Trinajstić information content (AvgIpc) is 1.35. The van der Waals surface area contributed by atoms with E-state index in [1.807, 2.05) is 13.3 Å². The van der Waals surface area contributed by atoms with E-state index in [1.165, 1.54) is 0 Å². The van der Waals surface area contributed by atoms with Crippen molar-refractivity contribution in [2.45, 2.75) is 0 Å². The second-order valence-corrected chi connectivity index (χ2v) is 5.43. The Balaban J connectivity index is 3.17. The van der Waals surface area contributed by atoms with Gasteiger partial charge >= 0.3 is 38.0 Å². The molecule has 0 atom stereocenters. The van der Waals surface area contributed by atoms with E-state index in [4.69, 9.17) is 4.89 Å². The van der Waals surface area contributed by atoms with E-state index in [1.54, 1.807) is 7.05 Å². The first-order valence-corrected chi connectivity index (χ1v) is 4.92. The van der Waals surface area contributed by atoms with Gasteiger partial charge in [-0.15, -0.1) is 0 Å². The Bertz CT molecular complexity index is 40.5. The van der Waals surface area contributed by atoms with Crippen LogP contribution in [0.1, 0.15) is 0 Å². The monoisotopic (exact) mass is 109 g/mol. The molecule has 0 saturated heterocycles. The van der Waals surface area contributed by atoms with Crippen molar-refractivity contribution < 1.29 is 4.89 Å². The fourth-order valence-electron chi connectivity index (χ4n) is 0. The van der Waals surface area contributed by atoms with Gasteiger partial charge in [-0.1, -0.05) is 0 Å². The van der Waals surface area contributed by atoms with Crippen LogP contribution >= 0.6 is 7.64 Å². The molecular formula is C3H12NOP. The van der Waals surface area contributed by atoms with Gasteiger partial charge in [-0.05, 0) is 0 Å². The van der Waals surface area contributed by atoms with Crippen molar-refractivity contribution >= 4 is 7.64 Å². The zero-order chi connectivity index (χ0) is 5.21. The van der Waals surface area contributed by atoms with Crippen molar-refractivity contribution in [3.63, 3.8) is 0 Å². The molecule has 0 spiro atoms. The summed E-state index contributed by atoms with van der Waals surface area (Å²) in [4.78, 5) is 8.85. The summed E-state index contributed by atoms with van der Waals surface area (Å²) in [5, 5.41) is 2.80. The van der Waals surface area contributed by atoms with Crippen LogP contribution in [0, 0.1) is 0 Å². The fourth-order valence-corrected chi connectivity index (χ4v) is 0. The molecule has 0 saturated carbocycles. The third-order valence-electron chi connectivity index (χ3n) is 0.612. The molecule has 0 unspecified atom stereocenters. The Kier molecular flexibility index (Phi) is 1.98. The van der Waals surface area contributed by atoms with Gasteiger partial charge in [-0.25, -0.2) is 0 Å². The second kappa shape index (κ2) is 1.87. The molecule has 0 amide bonds. The van der Waals surface area contributed by atoms with E-state index >= 15 is 0 Å². The number of hydrogen-bond acceptors (Lipinski definition) is 2. The second-order valence-electron chi connectivity index (χ2n) is 1.81. The van der Waals surface area contributed by atoms with Crippen molar-refractivity contribution in [1.29, 1.82) is 0 Å². The third kappa shape index (κ3) is 4.35. The standard InChI is InChI=1S/C3H12NOP/c1-4-6(2,3)5/h4-6H,1-3H3. The van der Waals surface area contributed by atoms with Gasteiger partial charge in [0.25, 0.3) is 0 Å². The Labute approximate surface area is 39.0 Å². The van der Waals surface area contributed by atoms with E-state index in [9.17, 15) is 0 Å². The third-order valence-corrected chi connectivity index (χ3v) is 1.84. The Morgan fingerprint density at radius 2 is 1.67 bits per heavy atom. The molecule has 0 aromatic carbocycles. The van der Waals surface area contributed by atoms with Crippen LogP contribution in [0.15, 0.2) is 0 Å². The Morgan fingerprint density at radius 3 is 1.67 bits per heavy atom. The minimum atomic E-state index is -1.88. The van der Waals surface area contributed by atoms with Crippen LogP contribution in [0.4, 0.5) is 0 Å². The molecular weight excluding hydrogens is 97.0 g/mol. The van der Waals surface area contributed by atoms with E-state index in [0.717, 1.165) is 0 Å². The van der Waals surface area contributed by atoms with Gasteiger partial charge in [-0.2, -0.15) is 0 Å². The summed E-state index contributed by atoms with van der Waals surface area (Å²) in [6.07, 6.45) is 0. The van der Waals surface area contributed by atoms with Crippen molar-refractivity contribution in [2.24, 2.45) is 0 Å². The molecule has 40 valence electrons. The molecule has 0 aliphatic carbocycles. The quantitative estimate of drug-likeness (QED) is 0.466. The first-order chi connectivity index (χ1) is 2.56. The number of rotatable bonds is 1. The van der Waals surface area contributed by atoms with Crippen molar-refractivity contribution in [1.82, 2.24) is 5.09 Å². The predicted octanol–water partition coefficient (Wildman–Crippen LogP) is 0.0376. The Hall–Kier alpha value is 0.350. The van der Waals surface area contributed by atoms with Crippen molar-refractivity contribution in [2.75, 3.05) is 20.4 Å². The summed E-state index contributed by atoms with van der Waals surface area (Å²) in [5.41, 5.74) is 0. The SMILES string of the molecule is CN[PH](C)(C)O. The molecule has 6 heavy (non-hydrogen) atoms. The average molecular weight is 109 g/mol. The summed E-state index contributed by atoms with van der Waals surface area (Å²) in [6, 6.07) is 0. The zero-order valence-corrected chi connectivity index (χ0v) is 5.45. The molecule has 0 bridgehead atoms. The van der Waals surface area contributed by atoms with Crippen LogP contribution < -0.4 is 5.09 Å². The maximum atomic E-state index is 8.85. The molecule has 2 N–H and O–H groups in total. The van der Waals surface area contributed by atoms with Crippen LogP contribution in [0.3, 0.4) is 0 Å². The van der Waals surface area contributed by atoms with Crippen LogP contribution in [0.2, 0.25) is 0 Å². The van der Waals surface area contributed by atoms with Gasteiger partial charge in [0.15, 0.2) is 0 Å². The van der Waals surface area contributed by atoms with Gasteiger partial charge in [0.1, 0.15) is 0 Å². The van der Waals surface area contributed by atoms with E-state index in [0.29, 0.717) is 0 Å². The summed E-state index contributed by atoms with van der Waals surface area (Å²) in [7, 11) is -0.111. The molecule has 0 rings (SSSR count). The van der Waals surface area contributed by atoms with E-state index in [-0.39, 0.29) is 0 Å². The molecule has 0 aliphatic rings.